The third-order valence-corrected chi connectivity index (χ3v) is 16.0. The summed E-state index contributed by atoms with van der Waals surface area (Å²) in [5.41, 5.74) is 6.90. The molecule has 3 aromatic rings. The number of phosphoric acid groups is 3. The molecule has 29 heteroatoms. The molecule has 0 saturated carbocycles. The minimum Gasteiger partial charge on any atom is -0.466 e. The third kappa shape index (κ3) is 19.8. The van der Waals surface area contributed by atoms with E-state index in [0.717, 1.165) is 85.4 Å². The van der Waals surface area contributed by atoms with Crippen LogP contribution in [0.25, 0.3) is 11.2 Å². The third-order valence-electron chi connectivity index (χ3n) is 12.0. The highest BCUT2D eigenvalue weighted by Crippen LogP contribution is 2.61. The molecule has 0 spiro atoms. The summed E-state index contributed by atoms with van der Waals surface area (Å²) in [4.78, 5) is 88.6. The fourth-order valence-corrected chi connectivity index (χ4v) is 11.3. The Morgan fingerprint density at radius 1 is 0.861 bits per heavy atom. The fourth-order valence-electron chi connectivity index (χ4n) is 7.72. The van der Waals surface area contributed by atoms with Crippen LogP contribution in [-0.2, 0) is 63.5 Å². The van der Waals surface area contributed by atoms with Crippen molar-refractivity contribution in [1.82, 2.24) is 30.2 Å². The summed E-state index contributed by atoms with van der Waals surface area (Å²) in [5, 5.41) is 26.7. The topological polar surface area (TPSA) is 377 Å². The van der Waals surface area contributed by atoms with Gasteiger partial charge in [0, 0.05) is 49.9 Å². The number of rotatable bonds is 34. The molecule has 4 heterocycles. The van der Waals surface area contributed by atoms with Crippen molar-refractivity contribution in [2.75, 3.05) is 37.8 Å². The van der Waals surface area contributed by atoms with Gasteiger partial charge >= 0.3 is 23.5 Å². The molecule has 3 aromatic heterocycles. The second-order valence-electron chi connectivity index (χ2n) is 18.3. The quantitative estimate of drug-likeness (QED) is 0.0268. The van der Waals surface area contributed by atoms with E-state index in [1.54, 1.807) is 0 Å². The van der Waals surface area contributed by atoms with Crippen LogP contribution in [0.15, 0.2) is 17.1 Å². The number of phosphoric ester groups is 3. The first-order chi connectivity index (χ1) is 33.8. The van der Waals surface area contributed by atoms with Crippen LogP contribution in [0.4, 0.5) is 5.82 Å². The average Bonchev–Trinajstić information content (AvgIpc) is 3.95. The number of carbonyl (C=O) groups excluding carboxylic acids is 3. The van der Waals surface area contributed by atoms with E-state index in [1.807, 2.05) is 0 Å². The molecule has 72 heavy (non-hydrogen) atoms. The number of imidazole rings is 1. The van der Waals surface area contributed by atoms with Gasteiger partial charge in [-0.05, 0) is 44.2 Å². The maximum absolute atomic E-state index is 12.8. The smallest absolute Gasteiger partial charge is 0.466 e. The van der Waals surface area contributed by atoms with Gasteiger partial charge in [0.2, 0.25) is 11.8 Å². The summed E-state index contributed by atoms with van der Waals surface area (Å²) in [7, 11) is -16.4. The summed E-state index contributed by atoms with van der Waals surface area (Å²) >= 11 is 1.15. The second kappa shape index (κ2) is 28.7. The molecule has 25 nitrogen and oxygen atoms in total. The minimum atomic E-state index is -5.58. The Balaban J connectivity index is 1.05. The Hall–Kier alpha value is -3.16. The fraction of sp³-hybridized carbons (Fsp3) is 0.721. The molecule has 7 atom stereocenters. The summed E-state index contributed by atoms with van der Waals surface area (Å²) in [5.74, 6) is 1.25. The molecule has 2 amide bonds. The molecule has 1 saturated heterocycles. The minimum absolute atomic E-state index is 0.0318. The van der Waals surface area contributed by atoms with E-state index in [2.05, 4.69) is 55.2 Å². The van der Waals surface area contributed by atoms with Gasteiger partial charge in [0.1, 0.15) is 47.8 Å². The lowest BCUT2D eigenvalue weighted by molar-refractivity contribution is -0.137. The Morgan fingerprint density at radius 3 is 2.11 bits per heavy atom. The van der Waals surface area contributed by atoms with Crippen LogP contribution in [-0.4, -0.2) is 123 Å². The van der Waals surface area contributed by atoms with Crippen molar-refractivity contribution >= 4 is 69.1 Å². The molecule has 0 bridgehead atoms. The number of aryl methyl sites for hydroxylation is 2. The van der Waals surface area contributed by atoms with Gasteiger partial charge in [0.15, 0.2) is 22.8 Å². The van der Waals surface area contributed by atoms with Crippen LogP contribution < -0.4 is 16.4 Å². The lowest BCUT2D eigenvalue weighted by atomic mass is 9.87. The van der Waals surface area contributed by atoms with Gasteiger partial charge in [-0.2, -0.15) is 4.31 Å². The van der Waals surface area contributed by atoms with Crippen LogP contribution in [0.3, 0.4) is 0 Å². The first-order valence-corrected chi connectivity index (χ1v) is 29.5. The molecule has 1 aliphatic heterocycles. The zero-order valence-corrected chi connectivity index (χ0v) is 44.9. The normalized spacial score (nSPS) is 19.5. The number of fused-ring (bicyclic) bond motifs is 1. The van der Waals surface area contributed by atoms with Gasteiger partial charge in [0.25, 0.3) is 0 Å². The summed E-state index contributed by atoms with van der Waals surface area (Å²) in [6.45, 7) is 7.09. The van der Waals surface area contributed by atoms with E-state index in [1.165, 1.54) is 63.5 Å². The van der Waals surface area contributed by atoms with Crippen molar-refractivity contribution in [1.29, 1.82) is 0 Å². The zero-order valence-electron chi connectivity index (χ0n) is 41.4. The van der Waals surface area contributed by atoms with Crippen LogP contribution >= 0.6 is 35.2 Å². The van der Waals surface area contributed by atoms with Crippen LogP contribution in [0.5, 0.6) is 0 Å². The molecule has 1 aliphatic rings. The number of ether oxygens (including phenoxy) is 1. The number of hydrogen-bond donors (Lipinski definition) is 9. The number of amides is 2. The van der Waals surface area contributed by atoms with Crippen LogP contribution in [0, 0.1) is 19.3 Å². The standard InChI is InChI=1S/C43H72N7O18P3S/c1-6-7-14-17-30-28(2)29(3)31(65-30)18-15-12-10-8-9-11-13-16-19-34(52)72-23-22-45-33(51)20-21-46-41(55)38(54)43(4,5)25-64-71(61,62)68-70(59,60)63-24-32-37(67-69(56,57)58)36(53)42(66-32)50-27-49-35-39(44)47-26-48-40(35)50/h26-27,32,36-38,42,53-54H,6-25H2,1-5H3,(H,45,51)(H,46,55)(H,59,60)(H,61,62)(H2,44,47,48)(H2,56,57,58). The zero-order chi connectivity index (χ0) is 53.3. The van der Waals surface area contributed by atoms with E-state index in [0.29, 0.717) is 12.2 Å². The Bertz CT molecular complexity index is 2380. The molecule has 408 valence electrons. The number of thioether (sulfide) groups is 1. The number of carbonyl (C=O) groups is 3. The van der Waals surface area contributed by atoms with Gasteiger partial charge < -0.3 is 55.3 Å². The number of anilines is 1. The monoisotopic (exact) mass is 1100 g/mol. The molecule has 0 aromatic carbocycles. The van der Waals surface area contributed by atoms with E-state index < -0.39 is 84.6 Å². The number of furan rings is 1. The summed E-state index contributed by atoms with van der Waals surface area (Å²) < 4.78 is 68.7. The Kier molecular flexibility index (Phi) is 24.4. The second-order valence-corrected chi connectivity index (χ2v) is 23.7. The largest absolute Gasteiger partial charge is 0.481 e. The predicted molar refractivity (Wildman–Crippen MR) is 264 cm³/mol. The maximum Gasteiger partial charge on any atom is 0.481 e. The van der Waals surface area contributed by atoms with Crippen molar-refractivity contribution < 1.29 is 84.9 Å². The van der Waals surface area contributed by atoms with Crippen molar-refractivity contribution in [2.24, 2.45) is 5.41 Å². The highest BCUT2D eigenvalue weighted by atomic mass is 32.2. The van der Waals surface area contributed by atoms with Crippen molar-refractivity contribution in [3.63, 3.8) is 0 Å². The molecule has 1 fully saturated rings. The molecular weight excluding hydrogens is 1030 g/mol. The van der Waals surface area contributed by atoms with Gasteiger partial charge in [-0.25, -0.2) is 28.6 Å². The first kappa shape index (κ1) is 61.4. The first-order valence-electron chi connectivity index (χ1n) is 24.0. The molecule has 0 radical (unpaired) electrons. The highest BCUT2D eigenvalue weighted by Gasteiger charge is 2.50. The molecule has 0 aliphatic carbocycles. The number of nitrogens with zero attached hydrogens (tertiary/aromatic N) is 4. The Labute approximate surface area is 422 Å². The number of nitrogens with two attached hydrogens (primary N) is 1. The van der Waals surface area contributed by atoms with E-state index in [4.69, 9.17) is 23.9 Å². The number of hydrogen-bond acceptors (Lipinski definition) is 19. The van der Waals surface area contributed by atoms with E-state index >= 15 is 0 Å². The number of aliphatic hydroxyl groups is 2. The van der Waals surface area contributed by atoms with Crippen LogP contribution in [0.2, 0.25) is 0 Å². The Morgan fingerprint density at radius 2 is 1.47 bits per heavy atom. The van der Waals surface area contributed by atoms with Crippen molar-refractivity contribution in [3.8, 4) is 0 Å². The lowest BCUT2D eigenvalue weighted by Gasteiger charge is -2.30. The maximum atomic E-state index is 12.8. The average molecular weight is 1100 g/mol. The van der Waals surface area contributed by atoms with Crippen LogP contribution in [0.1, 0.15) is 133 Å². The van der Waals surface area contributed by atoms with Gasteiger partial charge in [-0.15, -0.1) is 0 Å². The number of unbranched alkanes of at least 4 members (excludes halogenated alkanes) is 9. The SMILES string of the molecule is CCCCCc1oc(CCCCCCCCCCC(=O)SCCNC(=O)CCNC(=O)C(O)C(C)(C)COP(=O)(O)OP(=O)(O)OCC2OC(n3cnc4c(N)ncnc43)C(O)C2OP(=O)(O)O)c(C)c1C. The molecular formula is C43H72N7O18P3S. The van der Waals surface area contributed by atoms with Gasteiger partial charge in [0.05, 0.1) is 19.5 Å². The van der Waals surface area contributed by atoms with E-state index in [-0.39, 0.29) is 41.6 Å². The predicted octanol–water partition coefficient (Wildman–Crippen LogP) is 5.36. The summed E-state index contributed by atoms with van der Waals surface area (Å²) in [6, 6.07) is 0. The number of aromatic nitrogens is 4. The molecule has 4 rings (SSSR count). The van der Waals surface area contributed by atoms with Gasteiger partial charge in [-0.3, -0.25) is 32.5 Å². The summed E-state index contributed by atoms with van der Waals surface area (Å²) in [6.07, 6.45) is 7.82. The number of aliphatic hydroxyl groups excluding tert-OH is 2. The van der Waals surface area contributed by atoms with Crippen molar-refractivity contribution in [3.05, 3.63) is 35.3 Å². The van der Waals surface area contributed by atoms with Crippen molar-refractivity contribution in [2.45, 2.75) is 162 Å². The lowest BCUT2D eigenvalue weighted by Crippen LogP contribution is -2.46. The molecule has 7 unspecified atom stereocenters. The highest BCUT2D eigenvalue weighted by molar-refractivity contribution is 8.13. The number of nitrogen functional groups attached to an aromatic ring is 1. The van der Waals surface area contributed by atoms with Gasteiger partial charge in [-0.1, -0.05) is 83.9 Å². The molecule has 10 N–H and O–H groups in total. The number of nitrogens with one attached hydrogen (secondary N) is 2. The van der Waals surface area contributed by atoms with E-state index in [9.17, 15) is 57.9 Å².